The van der Waals surface area contributed by atoms with Gasteiger partial charge in [0.25, 0.3) is 0 Å². The van der Waals surface area contributed by atoms with Crippen molar-refractivity contribution in [3.05, 3.63) is 26.7 Å². The van der Waals surface area contributed by atoms with Crippen LogP contribution in [0.1, 0.15) is 30.9 Å². The molecule has 0 heterocycles. The Kier molecular flexibility index (Phi) is 3.85. The van der Waals surface area contributed by atoms with Gasteiger partial charge in [0, 0.05) is 4.47 Å². The van der Waals surface area contributed by atoms with Crippen molar-refractivity contribution in [1.29, 1.82) is 0 Å². The van der Waals surface area contributed by atoms with Crippen LogP contribution in [0.3, 0.4) is 0 Å². The zero-order valence-corrected chi connectivity index (χ0v) is 11.2. The average Bonchev–Trinajstić information content (AvgIpc) is 2.13. The Morgan fingerprint density at radius 3 is 2.43 bits per heavy atom. The number of benzene rings is 1. The monoisotopic (exact) mass is 276 g/mol. The van der Waals surface area contributed by atoms with E-state index < -0.39 is 0 Å². The molecule has 0 unspecified atom stereocenters. The van der Waals surface area contributed by atoms with Gasteiger partial charge < -0.3 is 4.74 Å². The molecule has 78 valence electrons. The van der Waals surface area contributed by atoms with Crippen LogP contribution in [0.4, 0.5) is 0 Å². The summed E-state index contributed by atoms with van der Waals surface area (Å²) in [4.78, 5) is 0. The van der Waals surface area contributed by atoms with Gasteiger partial charge in [-0.3, -0.25) is 0 Å². The van der Waals surface area contributed by atoms with Crippen LogP contribution in [0.5, 0.6) is 5.75 Å². The van der Waals surface area contributed by atoms with Crippen molar-refractivity contribution >= 4 is 27.5 Å². The van der Waals surface area contributed by atoms with E-state index in [-0.39, 0.29) is 0 Å². The highest BCUT2D eigenvalue weighted by Gasteiger charge is 2.15. The predicted octanol–water partition coefficient (Wildman–Crippen LogP) is 4.54. The molecule has 0 fully saturated rings. The summed E-state index contributed by atoms with van der Waals surface area (Å²) in [5.74, 6) is 1.20. The number of ether oxygens (including phenoxy) is 1. The Labute approximate surface area is 98.5 Å². The molecule has 14 heavy (non-hydrogen) atoms. The summed E-state index contributed by atoms with van der Waals surface area (Å²) in [5.41, 5.74) is 2.16. The van der Waals surface area contributed by atoms with E-state index in [1.807, 2.05) is 6.92 Å². The van der Waals surface area contributed by atoms with Crippen LogP contribution in [0, 0.1) is 6.92 Å². The van der Waals surface area contributed by atoms with Gasteiger partial charge in [0.05, 0.1) is 12.1 Å². The van der Waals surface area contributed by atoms with Crippen molar-refractivity contribution in [3.63, 3.8) is 0 Å². The minimum absolute atomic E-state index is 0.402. The Bertz CT molecular complexity index is 348. The third-order valence-electron chi connectivity index (χ3n) is 2.26. The molecule has 0 N–H and O–H groups in total. The Morgan fingerprint density at radius 2 is 2.00 bits per heavy atom. The first-order chi connectivity index (χ1) is 6.49. The maximum Gasteiger partial charge on any atom is 0.141 e. The Balaban J connectivity index is 3.43. The second-order valence-electron chi connectivity index (χ2n) is 3.57. The van der Waals surface area contributed by atoms with E-state index in [0.29, 0.717) is 10.9 Å². The number of hydrogen-bond donors (Lipinski definition) is 0. The van der Waals surface area contributed by atoms with Crippen molar-refractivity contribution < 1.29 is 4.74 Å². The van der Waals surface area contributed by atoms with Crippen LogP contribution >= 0.6 is 27.5 Å². The van der Waals surface area contributed by atoms with E-state index in [1.165, 1.54) is 0 Å². The highest BCUT2D eigenvalue weighted by Crippen LogP contribution is 2.39. The van der Waals surface area contributed by atoms with Gasteiger partial charge in [-0.1, -0.05) is 41.4 Å². The van der Waals surface area contributed by atoms with E-state index in [4.69, 9.17) is 16.3 Å². The number of rotatable bonds is 2. The van der Waals surface area contributed by atoms with Crippen LogP contribution in [-0.2, 0) is 0 Å². The lowest BCUT2D eigenvalue weighted by Gasteiger charge is -2.16. The summed E-state index contributed by atoms with van der Waals surface area (Å²) in [6.07, 6.45) is 0. The van der Waals surface area contributed by atoms with E-state index in [2.05, 4.69) is 35.8 Å². The lowest BCUT2D eigenvalue weighted by molar-refractivity contribution is 0.407. The fourth-order valence-electron chi connectivity index (χ4n) is 1.35. The first kappa shape index (κ1) is 11.9. The molecule has 0 aliphatic carbocycles. The van der Waals surface area contributed by atoms with E-state index in [9.17, 15) is 0 Å². The third kappa shape index (κ3) is 2.06. The summed E-state index contributed by atoms with van der Waals surface area (Å²) in [5, 5.41) is 0.700. The van der Waals surface area contributed by atoms with E-state index >= 15 is 0 Å². The van der Waals surface area contributed by atoms with Gasteiger partial charge >= 0.3 is 0 Å². The number of hydrogen-bond acceptors (Lipinski definition) is 1. The van der Waals surface area contributed by atoms with Gasteiger partial charge in [-0.05, 0) is 30.0 Å². The number of methoxy groups -OCH3 is 1. The first-order valence-electron chi connectivity index (χ1n) is 4.51. The SMILES string of the molecule is COc1c(C(C)C)cc(Br)c(C)c1Cl. The van der Waals surface area contributed by atoms with Crippen LogP contribution in [0.2, 0.25) is 5.02 Å². The molecule has 3 heteroatoms. The van der Waals surface area contributed by atoms with Gasteiger partial charge in [0.2, 0.25) is 0 Å². The predicted molar refractivity (Wildman–Crippen MR) is 64.5 cm³/mol. The van der Waals surface area contributed by atoms with Crippen molar-refractivity contribution in [2.24, 2.45) is 0 Å². The van der Waals surface area contributed by atoms with Crippen LogP contribution in [0.25, 0.3) is 0 Å². The summed E-state index contributed by atoms with van der Waals surface area (Å²) < 4.78 is 6.35. The smallest absolute Gasteiger partial charge is 0.141 e. The molecule has 0 atom stereocenters. The maximum absolute atomic E-state index is 6.19. The average molecular weight is 278 g/mol. The quantitative estimate of drug-likeness (QED) is 0.771. The minimum atomic E-state index is 0.402. The molecule has 0 aliphatic heterocycles. The van der Waals surface area contributed by atoms with Gasteiger partial charge in [0.15, 0.2) is 0 Å². The highest BCUT2D eigenvalue weighted by molar-refractivity contribution is 9.10. The molecule has 0 saturated heterocycles. The molecule has 0 aromatic heterocycles. The zero-order valence-electron chi connectivity index (χ0n) is 8.82. The van der Waals surface area contributed by atoms with Crippen LogP contribution < -0.4 is 4.74 Å². The Morgan fingerprint density at radius 1 is 1.43 bits per heavy atom. The molecule has 0 spiro atoms. The van der Waals surface area contributed by atoms with Gasteiger partial charge in [-0.25, -0.2) is 0 Å². The second kappa shape index (κ2) is 4.54. The molecule has 0 radical (unpaired) electrons. The van der Waals surface area contributed by atoms with Gasteiger partial charge in [-0.2, -0.15) is 0 Å². The second-order valence-corrected chi connectivity index (χ2v) is 4.81. The first-order valence-corrected chi connectivity index (χ1v) is 5.68. The third-order valence-corrected chi connectivity index (χ3v) is 3.54. The normalized spacial score (nSPS) is 10.8. The summed E-state index contributed by atoms with van der Waals surface area (Å²) in [6, 6.07) is 2.07. The molecular weight excluding hydrogens is 263 g/mol. The largest absolute Gasteiger partial charge is 0.495 e. The molecule has 0 saturated carbocycles. The lowest BCUT2D eigenvalue weighted by atomic mass is 10.0. The molecule has 1 nitrogen and oxygen atoms in total. The fourth-order valence-corrected chi connectivity index (χ4v) is 2.20. The number of halogens is 2. The molecular formula is C11H14BrClO. The van der Waals surface area contributed by atoms with Crippen molar-refractivity contribution in [2.75, 3.05) is 7.11 Å². The van der Waals surface area contributed by atoms with Crippen LogP contribution in [-0.4, -0.2) is 7.11 Å². The van der Waals surface area contributed by atoms with Gasteiger partial charge in [-0.15, -0.1) is 0 Å². The maximum atomic E-state index is 6.19. The topological polar surface area (TPSA) is 9.23 Å². The zero-order chi connectivity index (χ0) is 10.9. The Hall–Kier alpha value is -0.210. The summed E-state index contributed by atoms with van der Waals surface area (Å²) >= 11 is 9.68. The molecule has 0 aliphatic rings. The van der Waals surface area contributed by atoms with E-state index in [1.54, 1.807) is 7.11 Å². The molecule has 0 amide bonds. The van der Waals surface area contributed by atoms with Crippen molar-refractivity contribution in [3.8, 4) is 5.75 Å². The molecule has 0 bridgehead atoms. The molecule has 1 aromatic rings. The summed E-state index contributed by atoms with van der Waals surface area (Å²) in [6.45, 7) is 6.21. The standard InChI is InChI=1S/C11H14BrClO/c1-6(2)8-5-9(12)7(3)10(13)11(8)14-4/h5-6H,1-4H3. The lowest BCUT2D eigenvalue weighted by Crippen LogP contribution is -1.97. The minimum Gasteiger partial charge on any atom is -0.495 e. The van der Waals surface area contributed by atoms with Gasteiger partial charge in [0.1, 0.15) is 5.75 Å². The van der Waals surface area contributed by atoms with Crippen molar-refractivity contribution in [2.45, 2.75) is 26.7 Å². The summed E-state index contributed by atoms with van der Waals surface area (Å²) in [7, 11) is 1.65. The molecule has 1 rings (SSSR count). The van der Waals surface area contributed by atoms with E-state index in [0.717, 1.165) is 21.3 Å². The fraction of sp³-hybridized carbons (Fsp3) is 0.455. The van der Waals surface area contributed by atoms with Crippen LogP contribution in [0.15, 0.2) is 10.5 Å². The van der Waals surface area contributed by atoms with Crippen molar-refractivity contribution in [1.82, 2.24) is 0 Å². The molecule has 1 aromatic carbocycles. The highest BCUT2D eigenvalue weighted by atomic mass is 79.9.